The summed E-state index contributed by atoms with van der Waals surface area (Å²) in [5.41, 5.74) is 6.47. The largest absolute Gasteiger partial charge is 0.323 e. The summed E-state index contributed by atoms with van der Waals surface area (Å²) in [6, 6.07) is 5.01. The van der Waals surface area contributed by atoms with Crippen LogP contribution in [-0.2, 0) is 7.05 Å². The van der Waals surface area contributed by atoms with Crippen LogP contribution in [-0.4, -0.2) is 4.57 Å². The van der Waals surface area contributed by atoms with Gasteiger partial charge in [-0.2, -0.15) is 0 Å². The summed E-state index contributed by atoms with van der Waals surface area (Å²) in [7, 11) is 1.72. The standard InChI is InChI=1S/C8H12N2O/c1-6(9)7-4-3-5-8(11)10(7)2/h3-6H,9H2,1-2H3. The van der Waals surface area contributed by atoms with Gasteiger partial charge in [0.2, 0.25) is 0 Å². The highest BCUT2D eigenvalue weighted by Crippen LogP contribution is 2.03. The van der Waals surface area contributed by atoms with E-state index in [-0.39, 0.29) is 11.6 Å². The van der Waals surface area contributed by atoms with Gasteiger partial charge in [-0.05, 0) is 13.0 Å². The highest BCUT2D eigenvalue weighted by Gasteiger charge is 2.02. The maximum absolute atomic E-state index is 11.1. The Morgan fingerprint density at radius 1 is 1.55 bits per heavy atom. The van der Waals surface area contributed by atoms with Gasteiger partial charge in [-0.3, -0.25) is 4.79 Å². The Kier molecular flexibility index (Phi) is 2.10. The predicted molar refractivity (Wildman–Crippen MR) is 44.3 cm³/mol. The summed E-state index contributed by atoms with van der Waals surface area (Å²) in [5, 5.41) is 0. The van der Waals surface area contributed by atoms with Crippen LogP contribution in [0.5, 0.6) is 0 Å². The normalized spacial score (nSPS) is 13.0. The average Bonchev–Trinajstić information content (AvgIpc) is 1.94. The Morgan fingerprint density at radius 2 is 2.18 bits per heavy atom. The van der Waals surface area contributed by atoms with Gasteiger partial charge in [0.1, 0.15) is 0 Å². The third-order valence-corrected chi connectivity index (χ3v) is 1.69. The van der Waals surface area contributed by atoms with Crippen LogP contribution in [0.15, 0.2) is 23.0 Å². The number of aromatic nitrogens is 1. The van der Waals surface area contributed by atoms with Crippen LogP contribution in [0.25, 0.3) is 0 Å². The van der Waals surface area contributed by atoms with Crippen molar-refractivity contribution in [1.29, 1.82) is 0 Å². The lowest BCUT2D eigenvalue weighted by Gasteiger charge is -2.09. The molecule has 0 saturated heterocycles. The zero-order chi connectivity index (χ0) is 8.43. The molecule has 1 aromatic rings. The van der Waals surface area contributed by atoms with Gasteiger partial charge >= 0.3 is 0 Å². The first-order valence-corrected chi connectivity index (χ1v) is 3.54. The van der Waals surface area contributed by atoms with Crippen LogP contribution in [0.1, 0.15) is 18.7 Å². The Bertz CT molecular complexity index is 301. The van der Waals surface area contributed by atoms with E-state index in [1.165, 1.54) is 6.07 Å². The van der Waals surface area contributed by atoms with E-state index in [0.29, 0.717) is 0 Å². The molecule has 0 spiro atoms. The molecule has 0 radical (unpaired) electrons. The van der Waals surface area contributed by atoms with E-state index in [9.17, 15) is 4.79 Å². The fraction of sp³-hybridized carbons (Fsp3) is 0.375. The summed E-state index contributed by atoms with van der Waals surface area (Å²) < 4.78 is 1.56. The second kappa shape index (κ2) is 2.88. The zero-order valence-corrected chi connectivity index (χ0v) is 6.74. The van der Waals surface area contributed by atoms with Crippen molar-refractivity contribution in [3.63, 3.8) is 0 Å². The number of pyridine rings is 1. The predicted octanol–water partition coefficient (Wildman–Crippen LogP) is 0.405. The van der Waals surface area contributed by atoms with Crippen molar-refractivity contribution >= 4 is 0 Å². The first-order valence-electron chi connectivity index (χ1n) is 3.54. The van der Waals surface area contributed by atoms with E-state index in [4.69, 9.17) is 5.73 Å². The van der Waals surface area contributed by atoms with E-state index in [0.717, 1.165) is 5.69 Å². The Balaban J connectivity index is 3.28. The monoisotopic (exact) mass is 152 g/mol. The molecule has 60 valence electrons. The van der Waals surface area contributed by atoms with E-state index >= 15 is 0 Å². The molecule has 0 aromatic carbocycles. The van der Waals surface area contributed by atoms with Crippen LogP contribution in [0.4, 0.5) is 0 Å². The minimum absolute atomic E-state index is 0.0141. The van der Waals surface area contributed by atoms with E-state index in [1.807, 2.05) is 13.0 Å². The SMILES string of the molecule is CC(N)c1cccc(=O)n1C. The second-order valence-electron chi connectivity index (χ2n) is 2.64. The maximum Gasteiger partial charge on any atom is 0.250 e. The van der Waals surface area contributed by atoms with Crippen molar-refractivity contribution in [2.45, 2.75) is 13.0 Å². The molecule has 0 aliphatic heterocycles. The van der Waals surface area contributed by atoms with E-state index in [1.54, 1.807) is 17.7 Å². The molecule has 1 atom stereocenters. The van der Waals surface area contributed by atoms with Gasteiger partial charge in [-0.25, -0.2) is 0 Å². The topological polar surface area (TPSA) is 48.0 Å². The molecule has 1 unspecified atom stereocenters. The lowest BCUT2D eigenvalue weighted by Crippen LogP contribution is -2.22. The molecule has 1 heterocycles. The molecule has 0 bridgehead atoms. The maximum atomic E-state index is 11.1. The second-order valence-corrected chi connectivity index (χ2v) is 2.64. The summed E-state index contributed by atoms with van der Waals surface area (Å²) in [4.78, 5) is 11.1. The molecule has 3 heteroatoms. The van der Waals surface area contributed by atoms with Crippen molar-refractivity contribution in [3.8, 4) is 0 Å². The Morgan fingerprint density at radius 3 is 2.64 bits per heavy atom. The van der Waals surface area contributed by atoms with Gasteiger partial charge in [-0.15, -0.1) is 0 Å². The summed E-state index contributed by atoms with van der Waals surface area (Å²) in [6.07, 6.45) is 0. The van der Waals surface area contributed by atoms with Crippen LogP contribution in [0.3, 0.4) is 0 Å². The fourth-order valence-corrected chi connectivity index (χ4v) is 1.04. The number of nitrogens with zero attached hydrogens (tertiary/aromatic N) is 1. The summed E-state index contributed by atoms with van der Waals surface area (Å²) >= 11 is 0. The Hall–Kier alpha value is -1.09. The van der Waals surface area contributed by atoms with Crippen molar-refractivity contribution in [1.82, 2.24) is 4.57 Å². The molecule has 1 aromatic heterocycles. The fourth-order valence-electron chi connectivity index (χ4n) is 1.04. The number of hydrogen-bond donors (Lipinski definition) is 1. The first-order chi connectivity index (χ1) is 5.13. The first kappa shape index (κ1) is 8.01. The highest BCUT2D eigenvalue weighted by atomic mass is 16.1. The van der Waals surface area contributed by atoms with Crippen molar-refractivity contribution in [2.24, 2.45) is 12.8 Å². The molecule has 3 nitrogen and oxygen atoms in total. The van der Waals surface area contributed by atoms with Crippen molar-refractivity contribution in [2.75, 3.05) is 0 Å². The van der Waals surface area contributed by atoms with Crippen LogP contribution < -0.4 is 11.3 Å². The lowest BCUT2D eigenvalue weighted by molar-refractivity contribution is 0.686. The lowest BCUT2D eigenvalue weighted by atomic mass is 10.2. The minimum Gasteiger partial charge on any atom is -0.323 e. The molecule has 0 aliphatic carbocycles. The molecule has 0 aliphatic rings. The molecule has 0 fully saturated rings. The van der Waals surface area contributed by atoms with Gasteiger partial charge in [-0.1, -0.05) is 6.07 Å². The number of nitrogens with two attached hydrogens (primary N) is 1. The molecular weight excluding hydrogens is 140 g/mol. The van der Waals surface area contributed by atoms with Crippen LogP contribution >= 0.6 is 0 Å². The van der Waals surface area contributed by atoms with Gasteiger partial charge in [0.25, 0.3) is 5.56 Å². The van der Waals surface area contributed by atoms with Gasteiger partial charge < -0.3 is 10.3 Å². The van der Waals surface area contributed by atoms with Crippen LogP contribution in [0.2, 0.25) is 0 Å². The quantitative estimate of drug-likeness (QED) is 0.633. The molecular formula is C8H12N2O. The van der Waals surface area contributed by atoms with E-state index < -0.39 is 0 Å². The summed E-state index contributed by atoms with van der Waals surface area (Å²) in [6.45, 7) is 1.86. The van der Waals surface area contributed by atoms with Gasteiger partial charge in [0.05, 0.1) is 0 Å². The number of hydrogen-bond acceptors (Lipinski definition) is 2. The molecule has 1 rings (SSSR count). The summed E-state index contributed by atoms with van der Waals surface area (Å²) in [5.74, 6) is 0. The zero-order valence-electron chi connectivity index (χ0n) is 6.74. The molecule has 0 amide bonds. The third kappa shape index (κ3) is 1.49. The smallest absolute Gasteiger partial charge is 0.250 e. The van der Waals surface area contributed by atoms with Gasteiger partial charge in [0, 0.05) is 24.8 Å². The van der Waals surface area contributed by atoms with E-state index in [2.05, 4.69) is 0 Å². The molecule has 11 heavy (non-hydrogen) atoms. The molecule has 0 saturated carbocycles. The minimum atomic E-state index is -0.0890. The van der Waals surface area contributed by atoms with Crippen LogP contribution in [0, 0.1) is 0 Å². The third-order valence-electron chi connectivity index (χ3n) is 1.69. The van der Waals surface area contributed by atoms with Crippen molar-refractivity contribution < 1.29 is 0 Å². The average molecular weight is 152 g/mol. The van der Waals surface area contributed by atoms with Crippen molar-refractivity contribution in [3.05, 3.63) is 34.2 Å². The molecule has 2 N–H and O–H groups in total. The Labute approximate surface area is 65.5 Å². The number of rotatable bonds is 1. The highest BCUT2D eigenvalue weighted by molar-refractivity contribution is 5.09. The van der Waals surface area contributed by atoms with Gasteiger partial charge in [0.15, 0.2) is 0 Å².